The monoisotopic (exact) mass is 265 g/mol. The van der Waals surface area contributed by atoms with Crippen molar-refractivity contribution in [2.75, 3.05) is 14.2 Å². The molecule has 1 aromatic rings. The Bertz CT molecular complexity index is 402. The highest BCUT2D eigenvalue weighted by Crippen LogP contribution is 2.26. The van der Waals surface area contributed by atoms with Gasteiger partial charge in [0.1, 0.15) is 11.9 Å². The summed E-state index contributed by atoms with van der Waals surface area (Å²) in [7, 11) is 3.19. The minimum Gasteiger partial charge on any atom is -0.496 e. The fourth-order valence-electron chi connectivity index (χ4n) is 2.08. The largest absolute Gasteiger partial charge is 0.496 e. The van der Waals surface area contributed by atoms with Crippen molar-refractivity contribution >= 4 is 5.91 Å². The number of rotatable bonds is 7. The van der Waals surface area contributed by atoms with Crippen molar-refractivity contribution in [1.82, 2.24) is 5.32 Å². The van der Waals surface area contributed by atoms with E-state index in [2.05, 4.69) is 5.32 Å². The first-order chi connectivity index (χ1) is 9.17. The van der Waals surface area contributed by atoms with Gasteiger partial charge in [-0.2, -0.15) is 0 Å². The second-order valence-electron chi connectivity index (χ2n) is 4.34. The van der Waals surface area contributed by atoms with Crippen molar-refractivity contribution in [2.45, 2.75) is 38.8 Å². The van der Waals surface area contributed by atoms with Gasteiger partial charge in [0.25, 0.3) is 0 Å². The van der Waals surface area contributed by atoms with Crippen LogP contribution in [0.5, 0.6) is 5.75 Å². The molecule has 19 heavy (non-hydrogen) atoms. The van der Waals surface area contributed by atoms with E-state index in [1.54, 1.807) is 14.2 Å². The number of para-hydroxylation sites is 1. The zero-order valence-electron chi connectivity index (χ0n) is 12.1. The van der Waals surface area contributed by atoms with Gasteiger partial charge in [0, 0.05) is 12.7 Å². The fraction of sp³-hybridized carbons (Fsp3) is 0.533. The minimum atomic E-state index is -0.399. The van der Waals surface area contributed by atoms with Gasteiger partial charge in [-0.3, -0.25) is 4.79 Å². The summed E-state index contributed by atoms with van der Waals surface area (Å²) in [5.74, 6) is 0.711. The normalized spacial score (nSPS) is 13.7. The summed E-state index contributed by atoms with van der Waals surface area (Å²) in [6.45, 7) is 3.96. The first-order valence-electron chi connectivity index (χ1n) is 6.63. The van der Waals surface area contributed by atoms with Crippen LogP contribution >= 0.6 is 0 Å². The molecule has 0 saturated heterocycles. The van der Waals surface area contributed by atoms with E-state index in [0.29, 0.717) is 6.42 Å². The van der Waals surface area contributed by atoms with Crippen molar-refractivity contribution in [2.24, 2.45) is 0 Å². The molecule has 0 fully saturated rings. The summed E-state index contributed by atoms with van der Waals surface area (Å²) < 4.78 is 10.5. The molecule has 4 heteroatoms. The molecule has 0 aliphatic rings. The van der Waals surface area contributed by atoms with Crippen LogP contribution < -0.4 is 10.1 Å². The van der Waals surface area contributed by atoms with Crippen LogP contribution in [0, 0.1) is 0 Å². The van der Waals surface area contributed by atoms with Crippen LogP contribution in [0.25, 0.3) is 0 Å². The van der Waals surface area contributed by atoms with E-state index in [-0.39, 0.29) is 11.9 Å². The van der Waals surface area contributed by atoms with Crippen molar-refractivity contribution in [3.63, 3.8) is 0 Å². The molecule has 0 heterocycles. The van der Waals surface area contributed by atoms with Gasteiger partial charge >= 0.3 is 0 Å². The van der Waals surface area contributed by atoms with E-state index in [1.165, 1.54) is 0 Å². The third-order valence-corrected chi connectivity index (χ3v) is 3.19. The van der Waals surface area contributed by atoms with Gasteiger partial charge < -0.3 is 14.8 Å². The average molecular weight is 265 g/mol. The molecule has 0 aromatic heterocycles. The van der Waals surface area contributed by atoms with E-state index in [1.807, 2.05) is 38.1 Å². The molecule has 1 amide bonds. The summed E-state index contributed by atoms with van der Waals surface area (Å²) >= 11 is 0. The number of methoxy groups -OCH3 is 2. The molecule has 1 N–H and O–H groups in total. The highest BCUT2D eigenvalue weighted by atomic mass is 16.5. The number of nitrogens with one attached hydrogen (secondary N) is 1. The number of amides is 1. The Morgan fingerprint density at radius 3 is 2.42 bits per heavy atom. The number of hydrogen-bond donors (Lipinski definition) is 1. The molecule has 0 bridgehead atoms. The van der Waals surface area contributed by atoms with Gasteiger partial charge in [-0.05, 0) is 18.9 Å². The Hall–Kier alpha value is -1.55. The van der Waals surface area contributed by atoms with Crippen molar-refractivity contribution < 1.29 is 14.3 Å². The van der Waals surface area contributed by atoms with E-state index < -0.39 is 6.10 Å². The van der Waals surface area contributed by atoms with Crippen LogP contribution in [0.3, 0.4) is 0 Å². The lowest BCUT2D eigenvalue weighted by molar-refractivity contribution is -0.132. The van der Waals surface area contributed by atoms with Crippen LogP contribution in [0.15, 0.2) is 24.3 Å². The lowest BCUT2D eigenvalue weighted by Gasteiger charge is -2.22. The molecule has 0 unspecified atom stereocenters. The summed E-state index contributed by atoms with van der Waals surface area (Å²) in [5.41, 5.74) is 0.992. The summed E-state index contributed by atoms with van der Waals surface area (Å²) in [4.78, 5) is 12.1. The predicted molar refractivity (Wildman–Crippen MR) is 75.3 cm³/mol. The maximum Gasteiger partial charge on any atom is 0.249 e. The Balaban J connectivity index is 2.86. The number of carbonyl (C=O) groups excluding carboxylic acids is 1. The highest BCUT2D eigenvalue weighted by Gasteiger charge is 2.21. The second kappa shape index (κ2) is 7.79. The Morgan fingerprint density at radius 1 is 1.21 bits per heavy atom. The average Bonchev–Trinajstić information content (AvgIpc) is 2.46. The Morgan fingerprint density at radius 2 is 1.89 bits per heavy atom. The molecule has 1 aromatic carbocycles. The molecular formula is C15H23NO3. The molecule has 0 aliphatic heterocycles. The molecule has 0 radical (unpaired) electrons. The van der Waals surface area contributed by atoms with Crippen LogP contribution in [0.4, 0.5) is 0 Å². The molecule has 2 atom stereocenters. The van der Waals surface area contributed by atoms with Gasteiger partial charge in [0.2, 0.25) is 5.91 Å². The fourth-order valence-corrected chi connectivity index (χ4v) is 2.08. The number of benzene rings is 1. The predicted octanol–water partition coefficient (Wildman–Crippen LogP) is 2.69. The van der Waals surface area contributed by atoms with Crippen molar-refractivity contribution in [3.05, 3.63) is 29.8 Å². The SMILES string of the molecule is CC[C@H](OC)C(=O)N[C@@H](CC)c1ccccc1OC. The quantitative estimate of drug-likeness (QED) is 0.824. The maximum atomic E-state index is 12.1. The summed E-state index contributed by atoms with van der Waals surface area (Å²) in [6, 6.07) is 7.67. The molecule has 4 nitrogen and oxygen atoms in total. The van der Waals surface area contributed by atoms with Crippen molar-refractivity contribution in [1.29, 1.82) is 0 Å². The van der Waals surface area contributed by atoms with Gasteiger partial charge in [0.15, 0.2) is 0 Å². The summed E-state index contributed by atoms with van der Waals surface area (Å²) in [5, 5.41) is 3.02. The van der Waals surface area contributed by atoms with Gasteiger partial charge in [-0.1, -0.05) is 32.0 Å². The molecule has 1 rings (SSSR count). The van der Waals surface area contributed by atoms with E-state index >= 15 is 0 Å². The highest BCUT2D eigenvalue weighted by molar-refractivity contribution is 5.81. The van der Waals surface area contributed by atoms with Crippen LogP contribution in [-0.2, 0) is 9.53 Å². The van der Waals surface area contributed by atoms with E-state index in [0.717, 1.165) is 17.7 Å². The molecule has 0 saturated carbocycles. The third-order valence-electron chi connectivity index (χ3n) is 3.19. The standard InChI is InChI=1S/C15H23NO3/c1-5-12(16-15(17)13(6-2)18-3)11-9-7-8-10-14(11)19-4/h7-10,12-13H,5-6H2,1-4H3,(H,16,17)/t12-,13-/m0/s1. The smallest absolute Gasteiger partial charge is 0.249 e. The lowest BCUT2D eigenvalue weighted by atomic mass is 10.0. The van der Waals surface area contributed by atoms with E-state index in [9.17, 15) is 4.79 Å². The minimum absolute atomic E-state index is 0.0622. The summed E-state index contributed by atoms with van der Waals surface area (Å²) in [6.07, 6.45) is 1.06. The zero-order chi connectivity index (χ0) is 14.3. The van der Waals surface area contributed by atoms with Crippen LogP contribution in [0.1, 0.15) is 38.3 Å². The number of hydrogen-bond acceptors (Lipinski definition) is 3. The molecular weight excluding hydrogens is 242 g/mol. The van der Waals surface area contributed by atoms with Gasteiger partial charge in [0.05, 0.1) is 13.2 Å². The van der Waals surface area contributed by atoms with Crippen molar-refractivity contribution in [3.8, 4) is 5.75 Å². The third kappa shape index (κ3) is 3.96. The lowest BCUT2D eigenvalue weighted by Crippen LogP contribution is -2.37. The van der Waals surface area contributed by atoms with E-state index in [4.69, 9.17) is 9.47 Å². The zero-order valence-corrected chi connectivity index (χ0v) is 12.1. The Labute approximate surface area is 115 Å². The number of carbonyl (C=O) groups is 1. The van der Waals surface area contributed by atoms with Gasteiger partial charge in [-0.15, -0.1) is 0 Å². The van der Waals surface area contributed by atoms with Gasteiger partial charge in [-0.25, -0.2) is 0 Å². The van der Waals surface area contributed by atoms with Crippen LogP contribution in [-0.4, -0.2) is 26.2 Å². The first-order valence-corrected chi connectivity index (χ1v) is 6.63. The first kappa shape index (κ1) is 15.5. The topological polar surface area (TPSA) is 47.6 Å². The van der Waals surface area contributed by atoms with Crippen LogP contribution in [0.2, 0.25) is 0 Å². The molecule has 0 spiro atoms. The molecule has 106 valence electrons. The maximum absolute atomic E-state index is 12.1. The Kier molecular flexibility index (Phi) is 6.36. The molecule has 0 aliphatic carbocycles. The number of ether oxygens (including phenoxy) is 2. The second-order valence-corrected chi connectivity index (χ2v) is 4.34.